The predicted molar refractivity (Wildman–Crippen MR) is 278 cm³/mol. The number of alkyl halides is 1. The summed E-state index contributed by atoms with van der Waals surface area (Å²) in [6.07, 6.45) is 4.82. The molecular formula is C55H64F3N9O6S. The Morgan fingerprint density at radius 3 is 2.43 bits per heavy atom. The lowest BCUT2D eigenvalue weighted by Crippen LogP contribution is -2.57. The van der Waals surface area contributed by atoms with Gasteiger partial charge in [0.05, 0.1) is 77.9 Å². The molecule has 5 heterocycles. The molecule has 392 valence electrons. The molecule has 0 bridgehead atoms. The maximum absolute atomic E-state index is 16.1. The predicted octanol–water partition coefficient (Wildman–Crippen LogP) is 7.13. The number of benzene rings is 3. The number of thiazole rings is 1. The molecule has 6 aromatic rings. The first kappa shape index (κ1) is 53.8. The first-order chi connectivity index (χ1) is 35.1. The highest BCUT2D eigenvalue weighted by Gasteiger charge is 2.46. The fourth-order valence-electron chi connectivity index (χ4n) is 9.80. The monoisotopic (exact) mass is 1040 g/mol. The molecule has 19 heteroatoms. The smallest absolute Gasteiger partial charge is 0.255 e. The van der Waals surface area contributed by atoms with Gasteiger partial charge in [-0.15, -0.1) is 11.3 Å². The number of nitrogens with zero attached hydrogens (tertiary/aromatic N) is 4. The number of H-pyrrole nitrogens is 1. The Kier molecular flexibility index (Phi) is 16.4. The van der Waals surface area contributed by atoms with Crippen LogP contribution in [0.5, 0.6) is 0 Å². The van der Waals surface area contributed by atoms with E-state index in [2.05, 4.69) is 36.3 Å². The number of carbonyl (C=O) groups excluding carboxylic acids is 4. The van der Waals surface area contributed by atoms with E-state index in [9.17, 15) is 24.3 Å². The number of para-hydroxylation sites is 1. The summed E-state index contributed by atoms with van der Waals surface area (Å²) in [6.45, 7) is 13.1. The number of rotatable bonds is 19. The van der Waals surface area contributed by atoms with Crippen LogP contribution in [-0.4, -0.2) is 116 Å². The molecule has 2 unspecified atom stereocenters. The SMILES string of the molecule is Cc1ncsc1-c1ccc(CNC(=O)[C@@H]2C[C@@H](O)C(C(=O)C(NC(=O)c3cnn(CCOCCNC(=O)/C=C/c4cc(F)c([C@@H]5c6[nH]c7ccccc7c6C[C@@H](C)N5CC(C)(C)F)c(F)c4)c3)C(C)(C)C)N2)cc1. The highest BCUT2D eigenvalue weighted by Crippen LogP contribution is 2.43. The molecule has 0 spiro atoms. The van der Waals surface area contributed by atoms with Crippen LogP contribution in [0.15, 0.2) is 84.6 Å². The number of Topliss-reactive ketones (excluding diaryl/α,β-unsaturated/α-hetero) is 1. The van der Waals surface area contributed by atoms with Gasteiger partial charge in [0, 0.05) is 60.1 Å². The maximum atomic E-state index is 16.1. The van der Waals surface area contributed by atoms with Crippen LogP contribution in [0.25, 0.3) is 27.4 Å². The molecule has 6 N–H and O–H groups in total. The molecule has 1 fully saturated rings. The fourth-order valence-corrected chi connectivity index (χ4v) is 10.6. The lowest BCUT2D eigenvalue weighted by molar-refractivity contribution is -0.127. The van der Waals surface area contributed by atoms with Gasteiger partial charge in [0.25, 0.3) is 5.91 Å². The van der Waals surface area contributed by atoms with Gasteiger partial charge in [-0.3, -0.25) is 34.1 Å². The number of aliphatic hydroxyl groups excluding tert-OH is 1. The number of aliphatic hydroxyl groups is 1. The second-order valence-electron chi connectivity index (χ2n) is 20.9. The van der Waals surface area contributed by atoms with Crippen molar-refractivity contribution >= 4 is 51.8 Å². The molecule has 0 saturated carbocycles. The summed E-state index contributed by atoms with van der Waals surface area (Å²) < 4.78 is 54.6. The fraction of sp³-hybridized carbons (Fsp3) is 0.418. The van der Waals surface area contributed by atoms with Crippen LogP contribution in [0.3, 0.4) is 0 Å². The normalized spacial score (nSPS) is 19.7. The molecular weight excluding hydrogens is 972 g/mol. The molecule has 8 rings (SSSR count). The van der Waals surface area contributed by atoms with Crippen molar-refractivity contribution in [3.05, 3.63) is 135 Å². The van der Waals surface area contributed by atoms with Crippen molar-refractivity contribution in [3.63, 3.8) is 0 Å². The summed E-state index contributed by atoms with van der Waals surface area (Å²) >= 11 is 1.56. The van der Waals surface area contributed by atoms with E-state index < -0.39 is 70.6 Å². The number of hydrogen-bond acceptors (Lipinski definition) is 11. The van der Waals surface area contributed by atoms with Crippen LogP contribution < -0.4 is 21.3 Å². The molecule has 3 aromatic carbocycles. The van der Waals surface area contributed by atoms with E-state index in [1.807, 2.05) is 62.4 Å². The quantitative estimate of drug-likeness (QED) is 0.0359. The summed E-state index contributed by atoms with van der Waals surface area (Å²) in [5.41, 5.74) is 4.84. The van der Waals surface area contributed by atoms with Crippen molar-refractivity contribution in [2.24, 2.45) is 5.41 Å². The number of aromatic amines is 1. The van der Waals surface area contributed by atoms with Crippen LogP contribution in [0.1, 0.15) is 98.0 Å². The van der Waals surface area contributed by atoms with Crippen molar-refractivity contribution in [2.75, 3.05) is 26.3 Å². The number of hydrogen-bond donors (Lipinski definition) is 6. The van der Waals surface area contributed by atoms with Crippen LogP contribution in [0.2, 0.25) is 0 Å². The number of ether oxygens (including phenoxy) is 1. The Morgan fingerprint density at radius 2 is 1.74 bits per heavy atom. The highest BCUT2D eigenvalue weighted by atomic mass is 32.1. The lowest BCUT2D eigenvalue weighted by atomic mass is 9.81. The van der Waals surface area contributed by atoms with Gasteiger partial charge in [-0.1, -0.05) is 63.2 Å². The Bertz CT molecular complexity index is 3010. The van der Waals surface area contributed by atoms with Crippen molar-refractivity contribution in [1.82, 2.24) is 45.9 Å². The second kappa shape index (κ2) is 22.5. The van der Waals surface area contributed by atoms with Gasteiger partial charge in [-0.2, -0.15) is 5.10 Å². The number of aryl methyl sites for hydroxylation is 1. The molecule has 1 saturated heterocycles. The lowest BCUT2D eigenvalue weighted by Gasteiger charge is -2.43. The third-order valence-corrected chi connectivity index (χ3v) is 14.5. The third kappa shape index (κ3) is 12.5. The van der Waals surface area contributed by atoms with E-state index in [-0.39, 0.29) is 74.5 Å². The van der Waals surface area contributed by atoms with Crippen molar-refractivity contribution in [2.45, 2.75) is 116 Å². The number of aromatic nitrogens is 4. The molecule has 74 heavy (non-hydrogen) atoms. The summed E-state index contributed by atoms with van der Waals surface area (Å²) in [4.78, 5) is 63.9. The van der Waals surface area contributed by atoms with Gasteiger partial charge in [-0.25, -0.2) is 18.2 Å². The van der Waals surface area contributed by atoms with Gasteiger partial charge in [0.15, 0.2) is 5.78 Å². The van der Waals surface area contributed by atoms with Gasteiger partial charge >= 0.3 is 0 Å². The molecule has 15 nitrogen and oxygen atoms in total. The van der Waals surface area contributed by atoms with E-state index >= 15 is 13.2 Å². The molecule has 2 aliphatic heterocycles. The third-order valence-electron chi connectivity index (χ3n) is 13.5. The van der Waals surface area contributed by atoms with E-state index in [1.165, 1.54) is 55.2 Å². The van der Waals surface area contributed by atoms with E-state index in [1.54, 1.807) is 42.5 Å². The van der Waals surface area contributed by atoms with Crippen molar-refractivity contribution < 1.29 is 42.2 Å². The van der Waals surface area contributed by atoms with Crippen molar-refractivity contribution in [1.29, 1.82) is 0 Å². The van der Waals surface area contributed by atoms with Crippen LogP contribution in [0, 0.1) is 24.0 Å². The first-order valence-corrected chi connectivity index (χ1v) is 25.7. The average Bonchev–Trinajstić information content (AvgIpc) is 4.17. The summed E-state index contributed by atoms with van der Waals surface area (Å²) in [5, 5.41) is 27.6. The van der Waals surface area contributed by atoms with E-state index in [0.717, 1.165) is 38.2 Å². The Labute approximate surface area is 432 Å². The van der Waals surface area contributed by atoms with Crippen LogP contribution >= 0.6 is 11.3 Å². The number of fused-ring (bicyclic) bond motifs is 3. The Hall–Kier alpha value is -6.51. The zero-order valence-electron chi connectivity index (χ0n) is 42.6. The standard InChI is InChI=1S/C55H64F3N9O6S/c1-31-22-38-37-10-8-9-11-41(37)63-46(38)48(67(31)29-55(6,7)58)45-39(56)23-34(24-40(45)57)14-17-44(69)59-18-20-73-21-19-66-28-36(27-62-66)52(71)65-51(54(3,4)5)49(70)47-43(68)25-42(64-47)53(72)60-26-33-12-15-35(16-13-33)50-32(2)61-30-74-50/h8-17,23-24,27-28,30-31,42-43,47-48,51,63-64,68H,18-22,25-26,29H2,1-7H3,(H,59,69)(H,60,72)(H,65,71)/b17-14+/t31-,42+,43-,47?,48-,51?/m1/s1. The zero-order chi connectivity index (χ0) is 53.1. The largest absolute Gasteiger partial charge is 0.391 e. The van der Waals surface area contributed by atoms with E-state index in [4.69, 9.17) is 4.74 Å². The minimum absolute atomic E-state index is 0.0210. The first-order valence-electron chi connectivity index (χ1n) is 24.8. The molecule has 0 aliphatic carbocycles. The Morgan fingerprint density at radius 1 is 1.01 bits per heavy atom. The highest BCUT2D eigenvalue weighted by molar-refractivity contribution is 7.13. The number of ketones is 1. The summed E-state index contributed by atoms with van der Waals surface area (Å²) in [7, 11) is 0. The summed E-state index contributed by atoms with van der Waals surface area (Å²) in [5.74, 6) is -3.49. The minimum atomic E-state index is -1.63. The Balaban J connectivity index is 0.782. The minimum Gasteiger partial charge on any atom is -0.391 e. The number of nitrogens with one attached hydrogen (secondary N) is 5. The molecule has 2 aliphatic rings. The van der Waals surface area contributed by atoms with E-state index in [0.29, 0.717) is 12.1 Å². The maximum Gasteiger partial charge on any atom is 0.255 e. The average molecular weight is 1040 g/mol. The topological polar surface area (TPSA) is 196 Å². The molecule has 0 radical (unpaired) electrons. The molecule has 6 atom stereocenters. The van der Waals surface area contributed by atoms with Gasteiger partial charge in [0.2, 0.25) is 11.8 Å². The number of carbonyl (C=O) groups is 4. The molecule has 3 amide bonds. The second-order valence-corrected chi connectivity index (χ2v) is 21.7. The van der Waals surface area contributed by atoms with Gasteiger partial charge in [0.1, 0.15) is 17.3 Å². The zero-order valence-corrected chi connectivity index (χ0v) is 43.4. The molecule has 3 aromatic heterocycles. The van der Waals surface area contributed by atoms with Crippen LogP contribution in [-0.2, 0) is 38.6 Å². The number of amides is 3. The van der Waals surface area contributed by atoms with Crippen LogP contribution in [0.4, 0.5) is 13.2 Å². The van der Waals surface area contributed by atoms with Gasteiger partial charge in [-0.05, 0) is 92.5 Å². The number of halogens is 3. The van der Waals surface area contributed by atoms with Crippen molar-refractivity contribution in [3.8, 4) is 10.4 Å². The summed E-state index contributed by atoms with van der Waals surface area (Å²) in [6, 6.07) is 13.8. The van der Waals surface area contributed by atoms with Gasteiger partial charge < -0.3 is 30.8 Å².